The number of carbonyl (C=O) groups is 3. The summed E-state index contributed by atoms with van der Waals surface area (Å²) in [5, 5.41) is 14.8. The van der Waals surface area contributed by atoms with Crippen molar-refractivity contribution in [3.05, 3.63) is 47.5 Å². The Hall–Kier alpha value is -3.55. The highest BCUT2D eigenvalue weighted by Gasteiger charge is 2.20. The molecule has 0 bridgehead atoms. The van der Waals surface area contributed by atoms with E-state index in [4.69, 9.17) is 9.47 Å². The van der Waals surface area contributed by atoms with Gasteiger partial charge >= 0.3 is 5.97 Å². The second-order valence-corrected chi connectivity index (χ2v) is 6.66. The van der Waals surface area contributed by atoms with Crippen LogP contribution in [0.5, 0.6) is 11.5 Å². The quantitative estimate of drug-likeness (QED) is 0.571. The molecule has 2 rings (SSSR count). The minimum atomic E-state index is -1.20. The molecule has 0 saturated carbocycles. The van der Waals surface area contributed by atoms with Crippen LogP contribution in [0.3, 0.4) is 0 Å². The predicted molar refractivity (Wildman–Crippen MR) is 114 cm³/mol. The Labute approximate surface area is 175 Å². The molecule has 0 aliphatic carbocycles. The van der Waals surface area contributed by atoms with Gasteiger partial charge in [-0.2, -0.15) is 0 Å². The Morgan fingerprint density at radius 1 is 0.900 bits per heavy atom. The summed E-state index contributed by atoms with van der Waals surface area (Å²) in [5.74, 6) is -1.55. The number of carboxylic acids is 1. The second kappa shape index (κ2) is 10.3. The summed E-state index contributed by atoms with van der Waals surface area (Å²) in [6.45, 7) is 7.79. The van der Waals surface area contributed by atoms with E-state index in [1.165, 1.54) is 12.1 Å². The minimum absolute atomic E-state index is 0.0163. The maximum Gasteiger partial charge on any atom is 0.336 e. The molecule has 2 amide bonds. The molecule has 0 fully saturated rings. The van der Waals surface area contributed by atoms with Crippen molar-refractivity contribution in [2.75, 3.05) is 23.8 Å². The van der Waals surface area contributed by atoms with Crippen LogP contribution >= 0.6 is 0 Å². The molecule has 160 valence electrons. The van der Waals surface area contributed by atoms with E-state index in [2.05, 4.69) is 10.6 Å². The number of aromatic carboxylic acids is 1. The number of ether oxygens (including phenoxy) is 2. The zero-order valence-electron chi connectivity index (χ0n) is 17.4. The van der Waals surface area contributed by atoms with Gasteiger partial charge in [0, 0.05) is 18.1 Å². The third-order valence-corrected chi connectivity index (χ3v) is 4.11. The maximum atomic E-state index is 12.8. The van der Waals surface area contributed by atoms with Crippen LogP contribution in [-0.4, -0.2) is 36.1 Å². The molecule has 3 N–H and O–H groups in total. The number of carboxylic acid groups (broad SMARTS) is 1. The van der Waals surface area contributed by atoms with Crippen LogP contribution in [0.2, 0.25) is 0 Å². The van der Waals surface area contributed by atoms with E-state index in [1.54, 1.807) is 52.0 Å². The summed E-state index contributed by atoms with van der Waals surface area (Å²) in [4.78, 5) is 36.4. The number of hydrogen-bond acceptors (Lipinski definition) is 5. The molecule has 0 saturated heterocycles. The summed E-state index contributed by atoms with van der Waals surface area (Å²) in [6.07, 6.45) is 0. The highest BCUT2D eigenvalue weighted by Crippen LogP contribution is 2.37. The third kappa shape index (κ3) is 5.50. The van der Waals surface area contributed by atoms with Gasteiger partial charge in [0.2, 0.25) is 5.91 Å². The SMILES string of the molecule is CCOc1cc(NC(=O)C(C)C)c(OCC)cc1NC(=O)c1ccccc1C(=O)O. The van der Waals surface area contributed by atoms with Gasteiger partial charge < -0.3 is 25.2 Å². The lowest BCUT2D eigenvalue weighted by Gasteiger charge is -2.18. The van der Waals surface area contributed by atoms with Gasteiger partial charge in [-0.3, -0.25) is 9.59 Å². The molecule has 2 aromatic carbocycles. The van der Waals surface area contributed by atoms with Crippen molar-refractivity contribution < 1.29 is 29.0 Å². The van der Waals surface area contributed by atoms with Crippen molar-refractivity contribution in [1.82, 2.24) is 0 Å². The van der Waals surface area contributed by atoms with E-state index >= 15 is 0 Å². The number of benzene rings is 2. The van der Waals surface area contributed by atoms with Crippen molar-refractivity contribution in [1.29, 1.82) is 0 Å². The van der Waals surface area contributed by atoms with Gasteiger partial charge in [-0.1, -0.05) is 26.0 Å². The average molecular weight is 414 g/mol. The highest BCUT2D eigenvalue weighted by molar-refractivity contribution is 6.11. The number of hydrogen-bond donors (Lipinski definition) is 3. The number of anilines is 2. The van der Waals surface area contributed by atoms with E-state index < -0.39 is 11.9 Å². The largest absolute Gasteiger partial charge is 0.492 e. The zero-order chi connectivity index (χ0) is 22.3. The van der Waals surface area contributed by atoms with Crippen LogP contribution in [-0.2, 0) is 4.79 Å². The van der Waals surface area contributed by atoms with Crippen LogP contribution in [0.25, 0.3) is 0 Å². The fourth-order valence-corrected chi connectivity index (χ4v) is 2.64. The van der Waals surface area contributed by atoms with Crippen LogP contribution in [0, 0.1) is 5.92 Å². The molecule has 8 heteroatoms. The Balaban J connectivity index is 2.45. The third-order valence-electron chi connectivity index (χ3n) is 4.11. The van der Waals surface area contributed by atoms with Gasteiger partial charge in [0.25, 0.3) is 5.91 Å². The summed E-state index contributed by atoms with van der Waals surface area (Å²) < 4.78 is 11.3. The van der Waals surface area contributed by atoms with Gasteiger partial charge in [0.1, 0.15) is 11.5 Å². The minimum Gasteiger partial charge on any atom is -0.492 e. The van der Waals surface area contributed by atoms with E-state index in [0.717, 1.165) is 0 Å². The van der Waals surface area contributed by atoms with Crippen LogP contribution in [0.4, 0.5) is 11.4 Å². The molecule has 0 spiro atoms. The van der Waals surface area contributed by atoms with Gasteiger partial charge in [-0.15, -0.1) is 0 Å². The summed E-state index contributed by atoms with van der Waals surface area (Å²) in [7, 11) is 0. The topological polar surface area (TPSA) is 114 Å². The molecule has 0 aliphatic rings. The fourth-order valence-electron chi connectivity index (χ4n) is 2.64. The molecule has 30 heavy (non-hydrogen) atoms. The Morgan fingerprint density at radius 2 is 1.40 bits per heavy atom. The molecule has 0 atom stereocenters. The Kier molecular flexibility index (Phi) is 7.80. The Morgan fingerprint density at radius 3 is 1.87 bits per heavy atom. The molecule has 0 heterocycles. The average Bonchev–Trinajstić information content (AvgIpc) is 2.71. The van der Waals surface area contributed by atoms with Gasteiger partial charge in [0.15, 0.2) is 0 Å². The van der Waals surface area contributed by atoms with E-state index in [0.29, 0.717) is 36.1 Å². The van der Waals surface area contributed by atoms with Crippen molar-refractivity contribution in [2.24, 2.45) is 5.92 Å². The predicted octanol–water partition coefficient (Wildman–Crippen LogP) is 4.03. The standard InChI is InChI=1S/C22H26N2O6/c1-5-29-18-12-17(19(30-6-2)11-16(18)23-20(25)13(3)4)24-21(26)14-9-7-8-10-15(14)22(27)28/h7-13H,5-6H2,1-4H3,(H,23,25)(H,24,26)(H,27,28). The maximum absolute atomic E-state index is 12.8. The van der Waals surface area contributed by atoms with Crippen LogP contribution in [0.1, 0.15) is 48.4 Å². The number of rotatable bonds is 9. The lowest BCUT2D eigenvalue weighted by molar-refractivity contribution is -0.118. The van der Waals surface area contributed by atoms with Crippen molar-refractivity contribution in [2.45, 2.75) is 27.7 Å². The highest BCUT2D eigenvalue weighted by atomic mass is 16.5. The van der Waals surface area contributed by atoms with Crippen molar-refractivity contribution >= 4 is 29.2 Å². The molecule has 0 aromatic heterocycles. The van der Waals surface area contributed by atoms with Gasteiger partial charge in [-0.05, 0) is 26.0 Å². The second-order valence-electron chi connectivity index (χ2n) is 6.66. The molecule has 2 aromatic rings. The number of nitrogens with one attached hydrogen (secondary N) is 2. The van der Waals surface area contributed by atoms with E-state index in [-0.39, 0.29) is 23.0 Å². The molecule has 0 unspecified atom stereocenters. The monoisotopic (exact) mass is 414 g/mol. The van der Waals surface area contributed by atoms with Crippen LogP contribution in [0.15, 0.2) is 36.4 Å². The first-order chi connectivity index (χ1) is 14.3. The first-order valence-corrected chi connectivity index (χ1v) is 9.66. The molecule has 0 radical (unpaired) electrons. The summed E-state index contributed by atoms with van der Waals surface area (Å²) >= 11 is 0. The summed E-state index contributed by atoms with van der Waals surface area (Å²) in [6, 6.07) is 9.04. The molecular weight excluding hydrogens is 388 g/mol. The van der Waals surface area contributed by atoms with Gasteiger partial charge in [0.05, 0.1) is 35.7 Å². The van der Waals surface area contributed by atoms with Crippen molar-refractivity contribution in [3.63, 3.8) is 0 Å². The molecular formula is C22H26N2O6. The molecule has 8 nitrogen and oxygen atoms in total. The Bertz CT molecular complexity index is 939. The van der Waals surface area contributed by atoms with E-state index in [1.807, 2.05) is 0 Å². The molecule has 0 aliphatic heterocycles. The first-order valence-electron chi connectivity index (χ1n) is 9.66. The summed E-state index contributed by atoms with van der Waals surface area (Å²) in [5.41, 5.74) is 0.623. The van der Waals surface area contributed by atoms with E-state index in [9.17, 15) is 19.5 Å². The van der Waals surface area contributed by atoms with Crippen molar-refractivity contribution in [3.8, 4) is 11.5 Å². The normalized spacial score (nSPS) is 10.4. The number of carbonyl (C=O) groups excluding carboxylic acids is 2. The van der Waals surface area contributed by atoms with Crippen LogP contribution < -0.4 is 20.1 Å². The lowest BCUT2D eigenvalue weighted by Crippen LogP contribution is -2.19. The lowest BCUT2D eigenvalue weighted by atomic mass is 10.1. The fraction of sp³-hybridized carbons (Fsp3) is 0.318. The zero-order valence-corrected chi connectivity index (χ0v) is 17.4. The van der Waals surface area contributed by atoms with Gasteiger partial charge in [-0.25, -0.2) is 4.79 Å². The smallest absolute Gasteiger partial charge is 0.336 e. The number of amides is 2. The first kappa shape index (κ1) is 22.7.